The van der Waals surface area contributed by atoms with Crippen molar-refractivity contribution >= 4 is 47.4 Å². The number of carbonyl (C=O) groups excluding carboxylic acids is 1. The molecular weight excluding hydrogens is 427 g/mol. The van der Waals surface area contributed by atoms with Crippen molar-refractivity contribution in [1.82, 2.24) is 15.5 Å². The highest BCUT2D eigenvalue weighted by Crippen LogP contribution is 2.18. The highest BCUT2D eigenvalue weighted by Gasteiger charge is 2.22. The number of hydrogen-bond acceptors (Lipinski definition) is 2. The van der Waals surface area contributed by atoms with E-state index in [4.69, 9.17) is 11.6 Å². The quantitative estimate of drug-likeness (QED) is 0.398. The molecule has 0 radical (unpaired) electrons. The Morgan fingerprint density at radius 2 is 2.17 bits per heavy atom. The van der Waals surface area contributed by atoms with Gasteiger partial charge in [-0.1, -0.05) is 23.7 Å². The number of halogens is 2. The van der Waals surface area contributed by atoms with Crippen LogP contribution in [0.5, 0.6) is 0 Å². The van der Waals surface area contributed by atoms with Crippen LogP contribution in [-0.4, -0.2) is 42.9 Å². The smallest absolute Gasteiger partial charge is 0.242 e. The highest BCUT2D eigenvalue weighted by atomic mass is 127. The van der Waals surface area contributed by atoms with Crippen LogP contribution in [-0.2, 0) is 11.3 Å². The first kappa shape index (κ1) is 20.0. The molecule has 2 N–H and O–H groups in total. The topological polar surface area (TPSA) is 56.7 Å². The maximum Gasteiger partial charge on any atom is 0.242 e. The molecule has 1 saturated carbocycles. The zero-order chi connectivity index (χ0) is 15.9. The van der Waals surface area contributed by atoms with E-state index in [-0.39, 0.29) is 36.4 Å². The summed E-state index contributed by atoms with van der Waals surface area (Å²) in [5.41, 5.74) is 1.10. The monoisotopic (exact) mass is 450 g/mol. The molecule has 0 bridgehead atoms. The van der Waals surface area contributed by atoms with Gasteiger partial charge in [-0.05, 0) is 37.5 Å². The maximum absolute atomic E-state index is 11.7. The van der Waals surface area contributed by atoms with Gasteiger partial charge in [-0.3, -0.25) is 4.79 Å². The van der Waals surface area contributed by atoms with Gasteiger partial charge in [0.25, 0.3) is 0 Å². The lowest BCUT2D eigenvalue weighted by Gasteiger charge is -2.22. The highest BCUT2D eigenvalue weighted by molar-refractivity contribution is 14.0. The SMILES string of the molecule is CCNC(=NCC(=O)NC1CC1)N(C)Cc1cccc(Cl)c1.I. The second-order valence-electron chi connectivity index (χ2n) is 5.50. The number of guanidine groups is 1. The van der Waals surface area contributed by atoms with Gasteiger partial charge < -0.3 is 15.5 Å². The van der Waals surface area contributed by atoms with Crippen molar-refractivity contribution in [2.75, 3.05) is 20.1 Å². The van der Waals surface area contributed by atoms with Crippen LogP contribution in [0.15, 0.2) is 29.3 Å². The van der Waals surface area contributed by atoms with Gasteiger partial charge >= 0.3 is 0 Å². The van der Waals surface area contributed by atoms with Crippen LogP contribution >= 0.6 is 35.6 Å². The number of rotatable bonds is 6. The fourth-order valence-corrected chi connectivity index (χ4v) is 2.31. The third-order valence-electron chi connectivity index (χ3n) is 3.32. The molecule has 0 aliphatic heterocycles. The fourth-order valence-electron chi connectivity index (χ4n) is 2.10. The first-order valence-corrected chi connectivity index (χ1v) is 7.99. The Kier molecular flexibility index (Phi) is 8.68. The molecule has 0 aromatic heterocycles. The molecule has 0 unspecified atom stereocenters. The Labute approximate surface area is 159 Å². The van der Waals surface area contributed by atoms with Crippen molar-refractivity contribution < 1.29 is 4.79 Å². The Balaban J connectivity index is 0.00000264. The minimum Gasteiger partial charge on any atom is -0.357 e. The summed E-state index contributed by atoms with van der Waals surface area (Å²) in [5.74, 6) is 0.697. The standard InChI is InChI=1S/C16H23ClN4O.HI/c1-3-18-16(19-10-15(22)20-14-7-8-14)21(2)11-12-5-4-6-13(17)9-12;/h4-6,9,14H,3,7-8,10-11H2,1-2H3,(H,18,19)(H,20,22);1H. The van der Waals surface area contributed by atoms with Crippen molar-refractivity contribution in [2.24, 2.45) is 4.99 Å². The zero-order valence-electron chi connectivity index (χ0n) is 13.5. The van der Waals surface area contributed by atoms with E-state index in [9.17, 15) is 4.79 Å². The van der Waals surface area contributed by atoms with E-state index in [1.165, 1.54) is 0 Å². The summed E-state index contributed by atoms with van der Waals surface area (Å²) in [7, 11) is 1.95. The van der Waals surface area contributed by atoms with E-state index in [0.29, 0.717) is 18.5 Å². The number of carbonyl (C=O) groups is 1. The molecular formula is C16H24ClIN4O. The maximum atomic E-state index is 11.7. The fraction of sp³-hybridized carbons (Fsp3) is 0.500. The van der Waals surface area contributed by atoms with Gasteiger partial charge in [0.15, 0.2) is 5.96 Å². The summed E-state index contributed by atoms with van der Waals surface area (Å²) in [6.45, 7) is 3.59. The minimum absolute atomic E-state index is 0. The molecule has 0 heterocycles. The second-order valence-corrected chi connectivity index (χ2v) is 5.93. The van der Waals surface area contributed by atoms with Gasteiger partial charge in [0, 0.05) is 31.2 Å². The van der Waals surface area contributed by atoms with E-state index in [1.54, 1.807) is 0 Å². The number of hydrogen-bond donors (Lipinski definition) is 2. The minimum atomic E-state index is -0.0194. The van der Waals surface area contributed by atoms with Gasteiger partial charge in [0.1, 0.15) is 6.54 Å². The predicted octanol–water partition coefficient (Wildman–Crippen LogP) is 2.63. The first-order chi connectivity index (χ1) is 10.6. The van der Waals surface area contributed by atoms with E-state index in [1.807, 2.05) is 43.1 Å². The van der Waals surface area contributed by atoms with Crippen LogP contribution in [0.3, 0.4) is 0 Å². The van der Waals surface area contributed by atoms with Crippen LogP contribution in [0.25, 0.3) is 0 Å². The van der Waals surface area contributed by atoms with E-state index < -0.39 is 0 Å². The number of nitrogens with zero attached hydrogens (tertiary/aromatic N) is 2. The summed E-state index contributed by atoms with van der Waals surface area (Å²) in [6.07, 6.45) is 2.17. The summed E-state index contributed by atoms with van der Waals surface area (Å²) >= 11 is 6.01. The van der Waals surface area contributed by atoms with Crippen LogP contribution in [0.4, 0.5) is 0 Å². The van der Waals surface area contributed by atoms with Crippen molar-refractivity contribution in [3.8, 4) is 0 Å². The molecule has 1 aliphatic rings. The van der Waals surface area contributed by atoms with Crippen molar-refractivity contribution in [3.05, 3.63) is 34.9 Å². The van der Waals surface area contributed by atoms with Crippen molar-refractivity contribution in [3.63, 3.8) is 0 Å². The Bertz CT molecular complexity index is 549. The zero-order valence-corrected chi connectivity index (χ0v) is 16.6. The van der Waals surface area contributed by atoms with Gasteiger partial charge in [0.05, 0.1) is 0 Å². The van der Waals surface area contributed by atoms with Crippen LogP contribution in [0.1, 0.15) is 25.3 Å². The van der Waals surface area contributed by atoms with Crippen LogP contribution < -0.4 is 10.6 Å². The molecule has 23 heavy (non-hydrogen) atoms. The van der Waals surface area contributed by atoms with Gasteiger partial charge in [-0.15, -0.1) is 24.0 Å². The van der Waals surface area contributed by atoms with Crippen LogP contribution in [0, 0.1) is 0 Å². The molecule has 1 aromatic carbocycles. The third kappa shape index (κ3) is 7.39. The molecule has 0 atom stereocenters. The molecule has 0 saturated heterocycles. The summed E-state index contributed by atoms with van der Waals surface area (Å²) in [6, 6.07) is 8.10. The lowest BCUT2D eigenvalue weighted by molar-refractivity contribution is -0.119. The molecule has 0 spiro atoms. The predicted molar refractivity (Wildman–Crippen MR) is 105 cm³/mol. The third-order valence-corrected chi connectivity index (χ3v) is 3.56. The molecule has 7 heteroatoms. The summed E-state index contributed by atoms with van der Waals surface area (Å²) in [4.78, 5) is 18.1. The Hall–Kier alpha value is -1.02. The Morgan fingerprint density at radius 1 is 1.43 bits per heavy atom. The average molecular weight is 451 g/mol. The summed E-state index contributed by atoms with van der Waals surface area (Å²) < 4.78 is 0. The molecule has 1 fully saturated rings. The van der Waals surface area contributed by atoms with E-state index >= 15 is 0 Å². The number of amides is 1. The second kappa shape index (κ2) is 9.97. The number of nitrogens with one attached hydrogen (secondary N) is 2. The normalized spacial score (nSPS) is 14.0. The largest absolute Gasteiger partial charge is 0.357 e. The van der Waals surface area contributed by atoms with Crippen molar-refractivity contribution in [2.45, 2.75) is 32.4 Å². The molecule has 128 valence electrons. The Morgan fingerprint density at radius 3 is 2.78 bits per heavy atom. The van der Waals surface area contributed by atoms with E-state index in [0.717, 1.165) is 30.0 Å². The van der Waals surface area contributed by atoms with Crippen molar-refractivity contribution in [1.29, 1.82) is 0 Å². The summed E-state index contributed by atoms with van der Waals surface area (Å²) in [5, 5.41) is 6.86. The molecule has 2 rings (SSSR count). The molecule has 5 nitrogen and oxygen atoms in total. The lowest BCUT2D eigenvalue weighted by atomic mass is 10.2. The number of aliphatic imine (C=N–C) groups is 1. The van der Waals surface area contributed by atoms with Gasteiger partial charge in [-0.2, -0.15) is 0 Å². The first-order valence-electron chi connectivity index (χ1n) is 7.61. The molecule has 1 amide bonds. The average Bonchev–Trinajstić information content (AvgIpc) is 3.27. The molecule has 1 aromatic rings. The lowest BCUT2D eigenvalue weighted by Crippen LogP contribution is -2.39. The van der Waals surface area contributed by atoms with E-state index in [2.05, 4.69) is 15.6 Å². The van der Waals surface area contributed by atoms with Gasteiger partial charge in [-0.25, -0.2) is 4.99 Å². The number of benzene rings is 1. The van der Waals surface area contributed by atoms with Crippen LogP contribution in [0.2, 0.25) is 5.02 Å². The van der Waals surface area contributed by atoms with Gasteiger partial charge in [0.2, 0.25) is 5.91 Å². The molecule has 1 aliphatic carbocycles.